The molecule has 14 heavy (non-hydrogen) atoms. The number of aldehydes is 1. The molecule has 0 radical (unpaired) electrons. The fraction of sp³-hybridized carbons (Fsp3) is 0. The first-order valence-corrected chi connectivity index (χ1v) is 3.83. The van der Waals surface area contributed by atoms with Crippen LogP contribution in [0.1, 0.15) is 10.4 Å². The summed E-state index contributed by atoms with van der Waals surface area (Å²) in [4.78, 5) is 14.4. The lowest BCUT2D eigenvalue weighted by Crippen LogP contribution is -1.90. The van der Waals surface area contributed by atoms with Crippen LogP contribution in [0.15, 0.2) is 29.1 Å². The molecule has 1 heterocycles. The number of rotatable bonds is 2. The van der Waals surface area contributed by atoms with Crippen molar-refractivity contribution in [2.75, 3.05) is 0 Å². The number of aromatic nitrogens is 2. The Hall–Kier alpha value is -2.04. The van der Waals surface area contributed by atoms with E-state index in [2.05, 4.69) is 14.7 Å². The van der Waals surface area contributed by atoms with E-state index in [1.807, 2.05) is 0 Å². The standard InChI is InChI=1S/C9H5FN2O2/c10-7-1-2-8(6(3-7)4-13)9-11-5-14-12-9/h1-5H. The maximum atomic E-state index is 12.8. The second kappa shape index (κ2) is 3.37. The van der Waals surface area contributed by atoms with Gasteiger partial charge in [-0.25, -0.2) is 4.39 Å². The monoisotopic (exact) mass is 192 g/mol. The number of halogens is 1. The van der Waals surface area contributed by atoms with Crippen LogP contribution in [0.2, 0.25) is 0 Å². The fourth-order valence-electron chi connectivity index (χ4n) is 1.12. The second-order valence-corrected chi connectivity index (χ2v) is 2.60. The molecule has 0 aliphatic rings. The summed E-state index contributed by atoms with van der Waals surface area (Å²) >= 11 is 0. The summed E-state index contributed by atoms with van der Waals surface area (Å²) < 4.78 is 17.3. The zero-order chi connectivity index (χ0) is 9.97. The third kappa shape index (κ3) is 1.39. The summed E-state index contributed by atoms with van der Waals surface area (Å²) in [5.41, 5.74) is 0.654. The van der Waals surface area contributed by atoms with Crippen molar-refractivity contribution >= 4 is 6.29 Å². The fourth-order valence-corrected chi connectivity index (χ4v) is 1.12. The van der Waals surface area contributed by atoms with E-state index in [-0.39, 0.29) is 11.4 Å². The zero-order valence-electron chi connectivity index (χ0n) is 6.98. The highest BCUT2D eigenvalue weighted by atomic mass is 19.1. The molecule has 1 aromatic heterocycles. The smallest absolute Gasteiger partial charge is 0.214 e. The highest BCUT2D eigenvalue weighted by molar-refractivity contribution is 5.85. The van der Waals surface area contributed by atoms with Gasteiger partial charge < -0.3 is 4.52 Å². The molecule has 0 saturated carbocycles. The minimum absolute atomic E-state index is 0.200. The third-order valence-corrected chi connectivity index (χ3v) is 1.74. The molecule has 0 saturated heterocycles. The molecule has 0 amide bonds. The Kier molecular flexibility index (Phi) is 2.06. The average Bonchev–Trinajstić information content (AvgIpc) is 2.70. The minimum atomic E-state index is -0.473. The van der Waals surface area contributed by atoms with Gasteiger partial charge in [0.1, 0.15) is 5.82 Å². The van der Waals surface area contributed by atoms with Crippen molar-refractivity contribution in [1.82, 2.24) is 10.1 Å². The van der Waals surface area contributed by atoms with Gasteiger partial charge >= 0.3 is 0 Å². The number of nitrogens with zero attached hydrogens (tertiary/aromatic N) is 2. The molecule has 70 valence electrons. The summed E-state index contributed by atoms with van der Waals surface area (Å²) in [6, 6.07) is 3.79. The normalized spacial score (nSPS) is 10.1. The molecule has 0 aliphatic heterocycles. The van der Waals surface area contributed by atoms with E-state index in [1.165, 1.54) is 12.1 Å². The lowest BCUT2D eigenvalue weighted by molar-refractivity contribution is 0.112. The number of hydrogen-bond donors (Lipinski definition) is 0. The van der Waals surface area contributed by atoms with Gasteiger partial charge in [-0.05, 0) is 18.2 Å². The quantitative estimate of drug-likeness (QED) is 0.679. The predicted molar refractivity (Wildman–Crippen MR) is 45.1 cm³/mol. The Morgan fingerprint density at radius 3 is 2.93 bits per heavy atom. The van der Waals surface area contributed by atoms with Crippen LogP contribution < -0.4 is 0 Å². The van der Waals surface area contributed by atoms with Crippen molar-refractivity contribution in [2.45, 2.75) is 0 Å². The molecule has 0 aliphatic carbocycles. The first-order chi connectivity index (χ1) is 6.81. The van der Waals surface area contributed by atoms with Crippen molar-refractivity contribution in [2.24, 2.45) is 0 Å². The second-order valence-electron chi connectivity index (χ2n) is 2.60. The van der Waals surface area contributed by atoms with Gasteiger partial charge in [-0.15, -0.1) is 0 Å². The van der Waals surface area contributed by atoms with Crippen molar-refractivity contribution in [3.05, 3.63) is 36.0 Å². The van der Waals surface area contributed by atoms with Crippen LogP contribution in [0.25, 0.3) is 11.4 Å². The molecule has 0 atom stereocenters. The Balaban J connectivity index is 2.58. The SMILES string of the molecule is O=Cc1cc(F)ccc1-c1ncon1. The van der Waals surface area contributed by atoms with E-state index in [4.69, 9.17) is 0 Å². The molecular weight excluding hydrogens is 187 g/mol. The van der Waals surface area contributed by atoms with Crippen LogP contribution in [0.4, 0.5) is 4.39 Å². The average molecular weight is 192 g/mol. The van der Waals surface area contributed by atoms with Gasteiger partial charge in [-0.1, -0.05) is 5.16 Å². The first-order valence-electron chi connectivity index (χ1n) is 3.83. The van der Waals surface area contributed by atoms with Crippen LogP contribution in [-0.2, 0) is 0 Å². The van der Waals surface area contributed by atoms with Crippen LogP contribution >= 0.6 is 0 Å². The number of carbonyl (C=O) groups is 1. The lowest BCUT2D eigenvalue weighted by atomic mass is 10.1. The molecule has 5 heteroatoms. The molecular formula is C9H5FN2O2. The first kappa shape index (κ1) is 8.55. The van der Waals surface area contributed by atoms with E-state index in [9.17, 15) is 9.18 Å². The molecule has 0 unspecified atom stereocenters. The Bertz CT molecular complexity index is 454. The third-order valence-electron chi connectivity index (χ3n) is 1.74. The van der Waals surface area contributed by atoms with E-state index in [0.29, 0.717) is 11.8 Å². The molecule has 4 nitrogen and oxygen atoms in total. The highest BCUT2D eigenvalue weighted by Crippen LogP contribution is 2.19. The van der Waals surface area contributed by atoms with Gasteiger partial charge in [-0.3, -0.25) is 4.79 Å². The predicted octanol–water partition coefficient (Wildman–Crippen LogP) is 1.69. The van der Waals surface area contributed by atoms with Crippen LogP contribution in [-0.4, -0.2) is 16.4 Å². The molecule has 2 rings (SSSR count). The van der Waals surface area contributed by atoms with E-state index in [0.717, 1.165) is 12.5 Å². The molecule has 0 fully saturated rings. The molecule has 0 bridgehead atoms. The van der Waals surface area contributed by atoms with Gasteiger partial charge in [0.15, 0.2) is 6.29 Å². The topological polar surface area (TPSA) is 56.0 Å². The zero-order valence-corrected chi connectivity index (χ0v) is 6.98. The summed E-state index contributed by atoms with van der Waals surface area (Å²) in [7, 11) is 0. The van der Waals surface area contributed by atoms with Crippen LogP contribution in [0, 0.1) is 5.82 Å². The Morgan fingerprint density at radius 1 is 1.43 bits per heavy atom. The number of carbonyl (C=O) groups excluding carboxylic acids is 1. The van der Waals surface area contributed by atoms with Gasteiger partial charge in [0.05, 0.1) is 0 Å². The van der Waals surface area contributed by atoms with Gasteiger partial charge in [0.25, 0.3) is 0 Å². The van der Waals surface area contributed by atoms with E-state index in [1.54, 1.807) is 0 Å². The maximum absolute atomic E-state index is 12.8. The summed E-state index contributed by atoms with van der Waals surface area (Å²) in [6.07, 6.45) is 1.70. The summed E-state index contributed by atoms with van der Waals surface area (Å²) in [6.45, 7) is 0. The van der Waals surface area contributed by atoms with Crippen LogP contribution in [0.5, 0.6) is 0 Å². The van der Waals surface area contributed by atoms with Crippen molar-refractivity contribution in [3.8, 4) is 11.4 Å². The summed E-state index contributed by atoms with van der Waals surface area (Å²) in [5.74, 6) is -0.202. The van der Waals surface area contributed by atoms with E-state index < -0.39 is 5.82 Å². The molecule has 2 aromatic rings. The largest absolute Gasteiger partial charge is 0.342 e. The lowest BCUT2D eigenvalue weighted by Gasteiger charge is -1.98. The van der Waals surface area contributed by atoms with Crippen LogP contribution in [0.3, 0.4) is 0 Å². The number of benzene rings is 1. The Morgan fingerprint density at radius 2 is 2.29 bits per heavy atom. The van der Waals surface area contributed by atoms with E-state index >= 15 is 0 Å². The molecule has 0 spiro atoms. The number of hydrogen-bond acceptors (Lipinski definition) is 4. The minimum Gasteiger partial charge on any atom is -0.342 e. The summed E-state index contributed by atoms with van der Waals surface area (Å²) in [5, 5.41) is 3.56. The highest BCUT2D eigenvalue weighted by Gasteiger charge is 2.09. The van der Waals surface area contributed by atoms with Gasteiger partial charge in [-0.2, -0.15) is 4.98 Å². The Labute approximate surface area is 78.4 Å². The van der Waals surface area contributed by atoms with Gasteiger partial charge in [0.2, 0.25) is 12.2 Å². The maximum Gasteiger partial charge on any atom is 0.214 e. The molecule has 1 aromatic carbocycles. The van der Waals surface area contributed by atoms with Crippen molar-refractivity contribution < 1.29 is 13.7 Å². The van der Waals surface area contributed by atoms with Gasteiger partial charge in [0, 0.05) is 11.1 Å². The van der Waals surface area contributed by atoms with Crippen molar-refractivity contribution in [1.29, 1.82) is 0 Å². The molecule has 0 N–H and O–H groups in total. The van der Waals surface area contributed by atoms with Crippen molar-refractivity contribution in [3.63, 3.8) is 0 Å².